The molecular formula is C14H21NO3. The van der Waals surface area contributed by atoms with Gasteiger partial charge in [-0.2, -0.15) is 0 Å². The highest BCUT2D eigenvalue weighted by Crippen LogP contribution is 2.27. The van der Waals surface area contributed by atoms with Crippen LogP contribution < -0.4 is 14.8 Å². The van der Waals surface area contributed by atoms with Crippen LogP contribution in [0.1, 0.15) is 37.6 Å². The minimum Gasteiger partial charge on any atom is -0.493 e. The average Bonchev–Trinajstić information content (AvgIpc) is 2.39. The van der Waals surface area contributed by atoms with Crippen LogP contribution >= 0.6 is 0 Å². The minimum absolute atomic E-state index is 0.0919. The lowest BCUT2D eigenvalue weighted by atomic mass is 10.1. The number of hydrogen-bond donors (Lipinski definition) is 1. The van der Waals surface area contributed by atoms with E-state index >= 15 is 0 Å². The third-order valence-electron chi connectivity index (χ3n) is 2.72. The van der Waals surface area contributed by atoms with Crippen LogP contribution in [0.2, 0.25) is 0 Å². The molecule has 1 aromatic rings. The fraction of sp³-hybridized carbons (Fsp3) is 0.500. The summed E-state index contributed by atoms with van der Waals surface area (Å²) in [6.45, 7) is 6.48. The molecule has 0 fully saturated rings. The molecule has 0 unspecified atom stereocenters. The van der Waals surface area contributed by atoms with E-state index in [0.29, 0.717) is 23.7 Å². The lowest BCUT2D eigenvalue weighted by Gasteiger charge is -2.13. The highest BCUT2D eigenvalue weighted by molar-refractivity contribution is 5.95. The first kappa shape index (κ1) is 14.4. The van der Waals surface area contributed by atoms with Crippen molar-refractivity contribution >= 4 is 5.91 Å². The van der Waals surface area contributed by atoms with Gasteiger partial charge in [-0.3, -0.25) is 4.79 Å². The van der Waals surface area contributed by atoms with Crippen molar-refractivity contribution in [1.29, 1.82) is 0 Å². The molecule has 0 bridgehead atoms. The second kappa shape index (κ2) is 6.89. The maximum atomic E-state index is 11.9. The fourth-order valence-corrected chi connectivity index (χ4v) is 1.49. The van der Waals surface area contributed by atoms with Gasteiger partial charge in [0.25, 0.3) is 5.91 Å². The van der Waals surface area contributed by atoms with E-state index in [1.54, 1.807) is 25.3 Å². The third-order valence-corrected chi connectivity index (χ3v) is 2.72. The molecule has 1 N–H and O–H groups in total. The quantitative estimate of drug-likeness (QED) is 0.845. The Bertz CT molecular complexity index is 404. The molecule has 0 aromatic heterocycles. The molecule has 0 saturated heterocycles. The number of carbonyl (C=O) groups excluding carboxylic acids is 1. The topological polar surface area (TPSA) is 47.6 Å². The van der Waals surface area contributed by atoms with Crippen molar-refractivity contribution < 1.29 is 14.3 Å². The van der Waals surface area contributed by atoms with Crippen LogP contribution in [0.5, 0.6) is 11.5 Å². The number of ether oxygens (including phenoxy) is 2. The lowest BCUT2D eigenvalue weighted by Crippen LogP contribution is -2.31. The molecule has 4 nitrogen and oxygen atoms in total. The van der Waals surface area contributed by atoms with Crippen molar-refractivity contribution in [2.24, 2.45) is 0 Å². The first-order chi connectivity index (χ1) is 8.62. The maximum Gasteiger partial charge on any atom is 0.251 e. The zero-order valence-corrected chi connectivity index (χ0v) is 11.4. The summed E-state index contributed by atoms with van der Waals surface area (Å²) in [5.41, 5.74) is 0.579. The standard InChI is InChI=1S/C14H21NO3/c1-5-10(3)15-14(16)11-7-8-12(18-6-2)13(9-11)17-4/h7-10H,5-6H2,1-4H3,(H,15,16)/t10-/m0/s1. The molecule has 0 aliphatic carbocycles. The van der Waals surface area contributed by atoms with Crippen molar-refractivity contribution in [3.8, 4) is 11.5 Å². The largest absolute Gasteiger partial charge is 0.493 e. The maximum absolute atomic E-state index is 11.9. The van der Waals surface area contributed by atoms with Gasteiger partial charge in [-0.15, -0.1) is 0 Å². The Hall–Kier alpha value is -1.71. The number of benzene rings is 1. The van der Waals surface area contributed by atoms with E-state index in [2.05, 4.69) is 5.32 Å². The first-order valence-corrected chi connectivity index (χ1v) is 6.24. The molecular weight excluding hydrogens is 230 g/mol. The summed E-state index contributed by atoms with van der Waals surface area (Å²) in [6.07, 6.45) is 0.903. The molecule has 4 heteroatoms. The van der Waals surface area contributed by atoms with Gasteiger partial charge < -0.3 is 14.8 Å². The van der Waals surface area contributed by atoms with Gasteiger partial charge in [-0.05, 0) is 38.5 Å². The Morgan fingerprint density at radius 3 is 2.61 bits per heavy atom. The predicted octanol–water partition coefficient (Wildman–Crippen LogP) is 2.62. The number of nitrogens with one attached hydrogen (secondary N) is 1. The van der Waals surface area contributed by atoms with E-state index in [9.17, 15) is 4.79 Å². The van der Waals surface area contributed by atoms with Crippen molar-refractivity contribution in [2.75, 3.05) is 13.7 Å². The number of methoxy groups -OCH3 is 1. The average molecular weight is 251 g/mol. The van der Waals surface area contributed by atoms with Crippen LogP contribution in [-0.4, -0.2) is 25.7 Å². The first-order valence-electron chi connectivity index (χ1n) is 6.24. The molecule has 0 aliphatic rings. The Kier molecular flexibility index (Phi) is 5.49. The molecule has 0 heterocycles. The molecule has 0 saturated carbocycles. The SMILES string of the molecule is CCOc1ccc(C(=O)N[C@@H](C)CC)cc1OC. The van der Waals surface area contributed by atoms with Gasteiger partial charge in [0, 0.05) is 11.6 Å². The molecule has 100 valence electrons. The molecule has 1 aromatic carbocycles. The number of rotatable bonds is 6. The normalized spacial score (nSPS) is 11.8. The summed E-state index contributed by atoms with van der Waals surface area (Å²) in [4.78, 5) is 11.9. The summed E-state index contributed by atoms with van der Waals surface area (Å²) in [7, 11) is 1.56. The van der Waals surface area contributed by atoms with Crippen molar-refractivity contribution in [3.05, 3.63) is 23.8 Å². The molecule has 18 heavy (non-hydrogen) atoms. The molecule has 1 rings (SSSR count). The summed E-state index contributed by atoms with van der Waals surface area (Å²) < 4.78 is 10.6. The number of amides is 1. The zero-order valence-electron chi connectivity index (χ0n) is 11.4. The van der Waals surface area contributed by atoms with E-state index in [4.69, 9.17) is 9.47 Å². The Morgan fingerprint density at radius 1 is 1.33 bits per heavy atom. The van der Waals surface area contributed by atoms with Gasteiger partial charge in [0.1, 0.15) is 0 Å². The van der Waals surface area contributed by atoms with Crippen LogP contribution in [0.15, 0.2) is 18.2 Å². The van der Waals surface area contributed by atoms with Crippen LogP contribution in [-0.2, 0) is 0 Å². The zero-order chi connectivity index (χ0) is 13.5. The van der Waals surface area contributed by atoms with Crippen LogP contribution in [0.25, 0.3) is 0 Å². The van der Waals surface area contributed by atoms with Gasteiger partial charge in [0.2, 0.25) is 0 Å². The second-order valence-electron chi connectivity index (χ2n) is 4.08. The van der Waals surface area contributed by atoms with E-state index in [1.165, 1.54) is 0 Å². The second-order valence-corrected chi connectivity index (χ2v) is 4.08. The number of hydrogen-bond acceptors (Lipinski definition) is 3. The third kappa shape index (κ3) is 3.65. The highest BCUT2D eigenvalue weighted by Gasteiger charge is 2.12. The molecule has 1 amide bonds. The molecule has 1 atom stereocenters. The van der Waals surface area contributed by atoms with Crippen LogP contribution in [0.3, 0.4) is 0 Å². The van der Waals surface area contributed by atoms with Crippen LogP contribution in [0.4, 0.5) is 0 Å². The van der Waals surface area contributed by atoms with Crippen molar-refractivity contribution in [3.63, 3.8) is 0 Å². The fourth-order valence-electron chi connectivity index (χ4n) is 1.49. The summed E-state index contributed by atoms with van der Waals surface area (Å²) >= 11 is 0. The molecule has 0 aliphatic heterocycles. The van der Waals surface area contributed by atoms with E-state index in [-0.39, 0.29) is 11.9 Å². The monoisotopic (exact) mass is 251 g/mol. The van der Waals surface area contributed by atoms with E-state index < -0.39 is 0 Å². The van der Waals surface area contributed by atoms with E-state index in [0.717, 1.165) is 6.42 Å². The van der Waals surface area contributed by atoms with Crippen LogP contribution in [0, 0.1) is 0 Å². The Morgan fingerprint density at radius 2 is 2.06 bits per heavy atom. The van der Waals surface area contributed by atoms with Gasteiger partial charge in [0.15, 0.2) is 11.5 Å². The Balaban J connectivity index is 2.87. The number of carbonyl (C=O) groups is 1. The molecule has 0 radical (unpaired) electrons. The van der Waals surface area contributed by atoms with Gasteiger partial charge in [0.05, 0.1) is 13.7 Å². The summed E-state index contributed by atoms with van der Waals surface area (Å²) in [6, 6.07) is 5.36. The minimum atomic E-state index is -0.0919. The predicted molar refractivity (Wildman–Crippen MR) is 71.4 cm³/mol. The summed E-state index contributed by atoms with van der Waals surface area (Å²) in [5.74, 6) is 1.14. The molecule has 0 spiro atoms. The highest BCUT2D eigenvalue weighted by atomic mass is 16.5. The summed E-state index contributed by atoms with van der Waals surface area (Å²) in [5, 5.41) is 2.91. The lowest BCUT2D eigenvalue weighted by molar-refractivity contribution is 0.0939. The van der Waals surface area contributed by atoms with Gasteiger partial charge >= 0.3 is 0 Å². The van der Waals surface area contributed by atoms with Crippen molar-refractivity contribution in [2.45, 2.75) is 33.2 Å². The van der Waals surface area contributed by atoms with E-state index in [1.807, 2.05) is 20.8 Å². The smallest absolute Gasteiger partial charge is 0.251 e. The van der Waals surface area contributed by atoms with Crippen molar-refractivity contribution in [1.82, 2.24) is 5.32 Å². The van der Waals surface area contributed by atoms with Gasteiger partial charge in [-0.25, -0.2) is 0 Å². The van der Waals surface area contributed by atoms with Gasteiger partial charge in [-0.1, -0.05) is 6.92 Å². The Labute approximate surface area is 108 Å².